The Hall–Kier alpha value is -2.12. The van der Waals surface area contributed by atoms with Gasteiger partial charge in [0.1, 0.15) is 23.0 Å². The van der Waals surface area contributed by atoms with Crippen LogP contribution >= 0.6 is 24.0 Å². The molecule has 2 aliphatic heterocycles. The van der Waals surface area contributed by atoms with Crippen molar-refractivity contribution in [3.8, 4) is 5.75 Å². The van der Waals surface area contributed by atoms with E-state index in [0.29, 0.717) is 16.6 Å². The Morgan fingerprint density at radius 3 is 2.53 bits per heavy atom. The molecule has 2 saturated heterocycles. The molecule has 2 aromatic carbocycles. The van der Waals surface area contributed by atoms with Crippen LogP contribution < -0.4 is 9.64 Å². The number of hydrogen-bond acceptors (Lipinski definition) is 4. The fourth-order valence-corrected chi connectivity index (χ4v) is 5.74. The first-order valence-electron chi connectivity index (χ1n) is 10.4. The largest absolute Gasteiger partial charge is 0.494 e. The maximum Gasteiger partial charge on any atom is 0.257 e. The minimum absolute atomic E-state index is 0.0181. The van der Waals surface area contributed by atoms with Gasteiger partial charge in [0.15, 0.2) is 5.11 Å². The van der Waals surface area contributed by atoms with Crippen molar-refractivity contribution >= 4 is 40.7 Å². The van der Waals surface area contributed by atoms with E-state index in [9.17, 15) is 9.18 Å². The second-order valence-corrected chi connectivity index (χ2v) is 9.00. The SMILES string of the molecule is CCCCCCOc1ccc(C2SC[C@H]3C(=O)N(c4ccc(F)cc4)C(=S)N23)cc1. The number of benzene rings is 2. The third-order valence-corrected chi connectivity index (χ3v) is 7.15. The molecule has 7 heteroatoms. The van der Waals surface area contributed by atoms with E-state index in [2.05, 4.69) is 19.1 Å². The number of ether oxygens (including phenoxy) is 1. The summed E-state index contributed by atoms with van der Waals surface area (Å²) in [6, 6.07) is 13.7. The van der Waals surface area contributed by atoms with E-state index in [1.54, 1.807) is 23.9 Å². The number of anilines is 1. The van der Waals surface area contributed by atoms with Crippen molar-refractivity contribution in [1.29, 1.82) is 0 Å². The molecule has 2 aliphatic rings. The molecule has 2 aromatic rings. The van der Waals surface area contributed by atoms with Crippen LogP contribution in [0.5, 0.6) is 5.75 Å². The number of unbranched alkanes of at least 4 members (excludes halogenated alkanes) is 3. The van der Waals surface area contributed by atoms with Crippen LogP contribution in [0.15, 0.2) is 48.5 Å². The Morgan fingerprint density at radius 1 is 1.10 bits per heavy atom. The monoisotopic (exact) mass is 444 g/mol. The summed E-state index contributed by atoms with van der Waals surface area (Å²) in [5.74, 6) is 1.16. The number of amides is 1. The van der Waals surface area contributed by atoms with Gasteiger partial charge >= 0.3 is 0 Å². The minimum atomic E-state index is -0.335. The molecule has 0 bridgehead atoms. The van der Waals surface area contributed by atoms with E-state index in [-0.39, 0.29) is 23.1 Å². The van der Waals surface area contributed by atoms with Gasteiger partial charge in [-0.1, -0.05) is 38.3 Å². The smallest absolute Gasteiger partial charge is 0.257 e. The first kappa shape index (κ1) is 21.1. The van der Waals surface area contributed by atoms with Crippen LogP contribution in [0.3, 0.4) is 0 Å². The molecule has 0 radical (unpaired) electrons. The van der Waals surface area contributed by atoms with E-state index < -0.39 is 0 Å². The average molecular weight is 445 g/mol. The van der Waals surface area contributed by atoms with E-state index in [4.69, 9.17) is 17.0 Å². The van der Waals surface area contributed by atoms with E-state index in [0.717, 1.165) is 24.3 Å². The van der Waals surface area contributed by atoms with Crippen molar-refractivity contribution in [1.82, 2.24) is 4.90 Å². The lowest BCUT2D eigenvalue weighted by Gasteiger charge is -2.25. The van der Waals surface area contributed by atoms with Gasteiger partial charge in [-0.3, -0.25) is 9.69 Å². The number of halogens is 1. The number of fused-ring (bicyclic) bond motifs is 1. The zero-order chi connectivity index (χ0) is 21.1. The molecule has 2 heterocycles. The third-order valence-electron chi connectivity index (χ3n) is 5.43. The molecule has 0 N–H and O–H groups in total. The Kier molecular flexibility index (Phi) is 6.58. The zero-order valence-electron chi connectivity index (χ0n) is 16.9. The van der Waals surface area contributed by atoms with Crippen molar-refractivity contribution in [2.45, 2.75) is 44.0 Å². The highest BCUT2D eigenvalue weighted by Crippen LogP contribution is 2.46. The van der Waals surface area contributed by atoms with Gasteiger partial charge in [0, 0.05) is 5.75 Å². The number of thiocarbonyl (C=S) groups is 1. The fourth-order valence-electron chi connectivity index (χ4n) is 3.82. The summed E-state index contributed by atoms with van der Waals surface area (Å²) in [7, 11) is 0. The lowest BCUT2D eigenvalue weighted by molar-refractivity contribution is -0.119. The maximum absolute atomic E-state index is 13.3. The molecule has 4 rings (SSSR count). The van der Waals surface area contributed by atoms with Crippen molar-refractivity contribution in [3.63, 3.8) is 0 Å². The van der Waals surface area contributed by atoms with Crippen molar-refractivity contribution in [2.24, 2.45) is 0 Å². The van der Waals surface area contributed by atoms with Gasteiger partial charge in [0.05, 0.1) is 12.3 Å². The minimum Gasteiger partial charge on any atom is -0.494 e. The second kappa shape index (κ2) is 9.35. The van der Waals surface area contributed by atoms with Crippen LogP contribution in [0.2, 0.25) is 0 Å². The standard InChI is InChI=1S/C23H25FN2O2S2/c1-2-3-4-5-14-28-19-12-6-16(7-13-19)22-26-20(15-30-22)21(27)25(23(26)29)18-10-8-17(24)9-11-18/h6-13,20,22H,2-5,14-15H2,1H3/t20-,22?/m0/s1. The Bertz CT molecular complexity index is 904. The lowest BCUT2D eigenvalue weighted by atomic mass is 10.2. The number of nitrogens with zero attached hydrogens (tertiary/aromatic N) is 2. The van der Waals surface area contributed by atoms with Crippen LogP contribution in [0.4, 0.5) is 10.1 Å². The molecule has 0 saturated carbocycles. The molecule has 0 aliphatic carbocycles. The first-order chi connectivity index (χ1) is 14.6. The van der Waals surface area contributed by atoms with Gasteiger partial charge in [0.25, 0.3) is 5.91 Å². The van der Waals surface area contributed by atoms with Crippen LogP contribution in [-0.2, 0) is 4.79 Å². The van der Waals surface area contributed by atoms with Crippen LogP contribution in [0.1, 0.15) is 43.5 Å². The Morgan fingerprint density at radius 2 is 1.83 bits per heavy atom. The van der Waals surface area contributed by atoms with Gasteiger partial charge in [-0.2, -0.15) is 0 Å². The summed E-state index contributed by atoms with van der Waals surface area (Å²) in [5.41, 5.74) is 1.70. The average Bonchev–Trinajstić information content (AvgIpc) is 3.30. The summed E-state index contributed by atoms with van der Waals surface area (Å²) >= 11 is 7.38. The van der Waals surface area contributed by atoms with E-state index in [1.807, 2.05) is 17.0 Å². The number of rotatable bonds is 8. The first-order valence-corrected chi connectivity index (χ1v) is 11.8. The third kappa shape index (κ3) is 4.18. The normalized spacial score (nSPS) is 20.7. The second-order valence-electron chi connectivity index (χ2n) is 7.52. The summed E-state index contributed by atoms with van der Waals surface area (Å²) in [6.07, 6.45) is 4.72. The highest BCUT2D eigenvalue weighted by molar-refractivity contribution is 7.99. The van der Waals surface area contributed by atoms with E-state index >= 15 is 0 Å². The Labute approximate surface area is 186 Å². The highest BCUT2D eigenvalue weighted by Gasteiger charge is 2.50. The molecule has 4 nitrogen and oxygen atoms in total. The number of carbonyl (C=O) groups is 1. The van der Waals surface area contributed by atoms with Crippen molar-refractivity contribution in [3.05, 3.63) is 59.9 Å². The molecule has 158 valence electrons. The lowest BCUT2D eigenvalue weighted by Crippen LogP contribution is -2.33. The van der Waals surface area contributed by atoms with Gasteiger partial charge < -0.3 is 9.64 Å². The molecular formula is C23H25FN2O2S2. The number of thioether (sulfide) groups is 1. The summed E-state index contributed by atoms with van der Waals surface area (Å²) in [6.45, 7) is 2.93. The van der Waals surface area contributed by atoms with Crippen molar-refractivity contribution < 1.29 is 13.9 Å². The fraction of sp³-hybridized carbons (Fsp3) is 0.391. The number of hydrogen-bond donors (Lipinski definition) is 0. The highest BCUT2D eigenvalue weighted by atomic mass is 32.2. The van der Waals surface area contributed by atoms with Gasteiger partial charge in [0.2, 0.25) is 0 Å². The van der Waals surface area contributed by atoms with E-state index in [1.165, 1.54) is 36.3 Å². The molecule has 0 aromatic heterocycles. The molecule has 0 spiro atoms. The molecule has 2 atom stereocenters. The summed E-state index contributed by atoms with van der Waals surface area (Å²) in [5, 5.41) is 0.457. The van der Waals surface area contributed by atoms with Gasteiger partial charge in [-0.25, -0.2) is 4.39 Å². The molecule has 1 amide bonds. The van der Waals surface area contributed by atoms with Crippen molar-refractivity contribution in [2.75, 3.05) is 17.3 Å². The summed E-state index contributed by atoms with van der Waals surface area (Å²) < 4.78 is 19.1. The van der Waals surface area contributed by atoms with Crippen LogP contribution in [0.25, 0.3) is 0 Å². The quantitative estimate of drug-likeness (QED) is 0.395. The zero-order valence-corrected chi connectivity index (χ0v) is 18.6. The maximum atomic E-state index is 13.3. The number of carbonyl (C=O) groups excluding carboxylic acids is 1. The molecular weight excluding hydrogens is 419 g/mol. The van der Waals surface area contributed by atoms with Gasteiger partial charge in [-0.05, 0) is 60.6 Å². The van der Waals surface area contributed by atoms with Crippen LogP contribution in [0, 0.1) is 5.82 Å². The molecule has 30 heavy (non-hydrogen) atoms. The molecule has 2 fully saturated rings. The predicted molar refractivity (Wildman–Crippen MR) is 123 cm³/mol. The topological polar surface area (TPSA) is 32.8 Å². The summed E-state index contributed by atoms with van der Waals surface area (Å²) in [4.78, 5) is 16.5. The predicted octanol–water partition coefficient (Wildman–Crippen LogP) is 5.53. The van der Waals surface area contributed by atoms with Gasteiger partial charge in [-0.15, -0.1) is 11.8 Å². The van der Waals surface area contributed by atoms with Crippen LogP contribution in [-0.4, -0.2) is 34.3 Å². The Balaban J connectivity index is 1.44. The molecule has 1 unspecified atom stereocenters.